The smallest absolute Gasteiger partial charge is 0.292 e. The SMILES string of the molecule is Nc1nonc1-n1nnc(CN2CCCC2)c1C(=O)N/N=C/c1cc(Cl)ccc1O. The standard InChI is InChI=1S/C17H18ClN9O3/c18-11-3-4-13(28)10(7-11)8-20-22-17(29)14-12(9-26-5-1-2-6-26)21-25-27(14)16-15(19)23-30-24-16/h3-4,7-8,28H,1-2,5-6,9H2,(H2,19,23)(H,22,29)/b20-8+. The number of amides is 1. The zero-order valence-electron chi connectivity index (χ0n) is 15.7. The number of phenolic OH excluding ortho intramolecular Hbond substituents is 1. The van der Waals surface area contributed by atoms with Gasteiger partial charge in [0.25, 0.3) is 5.91 Å². The Morgan fingerprint density at radius 2 is 2.17 bits per heavy atom. The number of hydrogen-bond acceptors (Lipinski definition) is 10. The Hall–Kier alpha value is -3.51. The molecule has 30 heavy (non-hydrogen) atoms. The van der Waals surface area contributed by atoms with E-state index in [2.05, 4.69) is 40.7 Å². The highest BCUT2D eigenvalue weighted by Gasteiger charge is 2.26. The van der Waals surface area contributed by atoms with Crippen LogP contribution in [0.15, 0.2) is 27.9 Å². The minimum Gasteiger partial charge on any atom is -0.507 e. The lowest BCUT2D eigenvalue weighted by molar-refractivity contribution is 0.0945. The first kappa shape index (κ1) is 19.8. The Balaban J connectivity index is 1.60. The maximum Gasteiger partial charge on any atom is 0.292 e. The molecule has 1 saturated heterocycles. The van der Waals surface area contributed by atoms with Gasteiger partial charge in [0, 0.05) is 17.1 Å². The third-order valence-electron chi connectivity index (χ3n) is 4.58. The van der Waals surface area contributed by atoms with Crippen LogP contribution in [0.3, 0.4) is 0 Å². The van der Waals surface area contributed by atoms with Crippen molar-refractivity contribution in [2.45, 2.75) is 19.4 Å². The summed E-state index contributed by atoms with van der Waals surface area (Å²) in [5.74, 6) is -0.597. The van der Waals surface area contributed by atoms with Crippen molar-refractivity contribution >= 4 is 29.5 Å². The van der Waals surface area contributed by atoms with Gasteiger partial charge in [-0.15, -0.1) is 5.10 Å². The number of nitrogens with two attached hydrogens (primary N) is 1. The molecule has 0 atom stereocenters. The van der Waals surface area contributed by atoms with Crippen LogP contribution in [0.1, 0.15) is 34.6 Å². The van der Waals surface area contributed by atoms with Crippen molar-refractivity contribution in [2.75, 3.05) is 18.8 Å². The Morgan fingerprint density at radius 1 is 1.37 bits per heavy atom. The van der Waals surface area contributed by atoms with Gasteiger partial charge in [0.15, 0.2) is 5.69 Å². The molecule has 13 heteroatoms. The second-order valence-electron chi connectivity index (χ2n) is 6.66. The summed E-state index contributed by atoms with van der Waals surface area (Å²) >= 11 is 5.92. The van der Waals surface area contributed by atoms with E-state index >= 15 is 0 Å². The molecule has 0 bridgehead atoms. The highest BCUT2D eigenvalue weighted by Crippen LogP contribution is 2.20. The number of nitrogen functional groups attached to an aromatic ring is 1. The number of carbonyl (C=O) groups is 1. The first-order valence-electron chi connectivity index (χ1n) is 9.10. The van der Waals surface area contributed by atoms with Gasteiger partial charge in [-0.2, -0.15) is 9.78 Å². The van der Waals surface area contributed by atoms with Crippen molar-refractivity contribution in [1.29, 1.82) is 0 Å². The second kappa shape index (κ2) is 8.47. The van der Waals surface area contributed by atoms with Crippen LogP contribution in [0.2, 0.25) is 5.02 Å². The van der Waals surface area contributed by atoms with Gasteiger partial charge in [-0.05, 0) is 54.4 Å². The van der Waals surface area contributed by atoms with E-state index in [4.69, 9.17) is 17.3 Å². The number of hydrogen-bond donors (Lipinski definition) is 3. The van der Waals surface area contributed by atoms with E-state index in [9.17, 15) is 9.90 Å². The number of aromatic nitrogens is 5. The Kier molecular flexibility index (Phi) is 5.59. The van der Waals surface area contributed by atoms with E-state index in [1.165, 1.54) is 29.1 Å². The average Bonchev–Trinajstić information content (AvgIpc) is 3.46. The number of halogens is 1. The van der Waals surface area contributed by atoms with Crippen LogP contribution in [0.4, 0.5) is 5.82 Å². The van der Waals surface area contributed by atoms with Gasteiger partial charge in [0.05, 0.1) is 6.21 Å². The minimum absolute atomic E-state index is 0.0275. The molecule has 0 spiro atoms. The number of benzene rings is 1. The third-order valence-corrected chi connectivity index (χ3v) is 4.82. The molecule has 0 radical (unpaired) electrons. The summed E-state index contributed by atoms with van der Waals surface area (Å²) in [6.45, 7) is 2.26. The first-order valence-corrected chi connectivity index (χ1v) is 9.48. The van der Waals surface area contributed by atoms with Gasteiger partial charge in [0.1, 0.15) is 11.4 Å². The van der Waals surface area contributed by atoms with Gasteiger partial charge >= 0.3 is 0 Å². The van der Waals surface area contributed by atoms with Gasteiger partial charge in [-0.1, -0.05) is 16.8 Å². The molecule has 0 saturated carbocycles. The van der Waals surface area contributed by atoms with Gasteiger partial charge in [-0.25, -0.2) is 10.1 Å². The fourth-order valence-corrected chi connectivity index (χ4v) is 3.31. The lowest BCUT2D eigenvalue weighted by Gasteiger charge is -2.13. The number of phenols is 1. The molecular formula is C17H18ClN9O3. The molecule has 4 N–H and O–H groups in total. The third kappa shape index (κ3) is 4.09. The number of aromatic hydroxyl groups is 1. The van der Waals surface area contributed by atoms with Crippen molar-refractivity contribution < 1.29 is 14.5 Å². The summed E-state index contributed by atoms with van der Waals surface area (Å²) in [4.78, 5) is 15.1. The summed E-state index contributed by atoms with van der Waals surface area (Å²) in [5, 5.41) is 29.5. The molecule has 0 aliphatic carbocycles. The molecule has 3 heterocycles. The molecule has 12 nitrogen and oxygen atoms in total. The van der Waals surface area contributed by atoms with E-state index < -0.39 is 5.91 Å². The van der Waals surface area contributed by atoms with E-state index in [1.54, 1.807) is 0 Å². The van der Waals surface area contributed by atoms with Crippen molar-refractivity contribution in [3.63, 3.8) is 0 Å². The number of anilines is 1. The highest BCUT2D eigenvalue weighted by molar-refractivity contribution is 6.30. The molecule has 156 valence electrons. The monoisotopic (exact) mass is 431 g/mol. The minimum atomic E-state index is -0.589. The van der Waals surface area contributed by atoms with Crippen LogP contribution in [0.5, 0.6) is 5.75 Å². The number of nitrogens with one attached hydrogen (secondary N) is 1. The van der Waals surface area contributed by atoms with Gasteiger partial charge in [-0.3, -0.25) is 9.69 Å². The molecule has 2 aromatic heterocycles. The lowest BCUT2D eigenvalue weighted by Crippen LogP contribution is -2.26. The summed E-state index contributed by atoms with van der Waals surface area (Å²) in [7, 11) is 0. The fraction of sp³-hybridized carbons (Fsp3) is 0.294. The van der Waals surface area contributed by atoms with E-state index in [-0.39, 0.29) is 23.1 Å². The topological polar surface area (TPSA) is 161 Å². The summed E-state index contributed by atoms with van der Waals surface area (Å²) in [6, 6.07) is 4.48. The van der Waals surface area contributed by atoms with Gasteiger partial charge < -0.3 is 10.8 Å². The molecule has 0 unspecified atom stereocenters. The Morgan fingerprint density at radius 3 is 2.90 bits per heavy atom. The van der Waals surface area contributed by atoms with Crippen molar-refractivity contribution in [3.05, 3.63) is 40.2 Å². The second-order valence-corrected chi connectivity index (χ2v) is 7.09. The quantitative estimate of drug-likeness (QED) is 0.381. The molecule has 3 aromatic rings. The number of carbonyl (C=O) groups excluding carboxylic acids is 1. The molecule has 4 rings (SSSR count). The normalized spacial score (nSPS) is 14.6. The molecule has 1 aliphatic heterocycles. The molecule has 1 amide bonds. The fourth-order valence-electron chi connectivity index (χ4n) is 3.13. The Bertz CT molecular complexity index is 1090. The highest BCUT2D eigenvalue weighted by atomic mass is 35.5. The van der Waals surface area contributed by atoms with E-state index in [0.717, 1.165) is 25.9 Å². The first-order chi connectivity index (χ1) is 14.5. The summed E-state index contributed by atoms with van der Waals surface area (Å²) in [5.41, 5.74) is 9.05. The van der Waals surface area contributed by atoms with Crippen LogP contribution >= 0.6 is 11.6 Å². The number of nitrogens with zero attached hydrogens (tertiary/aromatic N) is 7. The number of likely N-dealkylation sites (tertiary alicyclic amines) is 1. The molecule has 1 aliphatic rings. The van der Waals surface area contributed by atoms with E-state index in [1.807, 2.05) is 0 Å². The lowest BCUT2D eigenvalue weighted by atomic mass is 10.2. The van der Waals surface area contributed by atoms with Crippen LogP contribution in [0.25, 0.3) is 5.82 Å². The van der Waals surface area contributed by atoms with Crippen LogP contribution in [-0.4, -0.2) is 60.5 Å². The average molecular weight is 432 g/mol. The van der Waals surface area contributed by atoms with Crippen LogP contribution in [0, 0.1) is 0 Å². The predicted molar refractivity (Wildman–Crippen MR) is 106 cm³/mol. The number of hydrazone groups is 1. The zero-order chi connectivity index (χ0) is 21.1. The maximum atomic E-state index is 12.9. The molecule has 1 fully saturated rings. The zero-order valence-corrected chi connectivity index (χ0v) is 16.5. The van der Waals surface area contributed by atoms with Crippen LogP contribution < -0.4 is 11.2 Å². The summed E-state index contributed by atoms with van der Waals surface area (Å²) < 4.78 is 5.78. The van der Waals surface area contributed by atoms with Crippen molar-refractivity contribution in [2.24, 2.45) is 5.10 Å². The maximum absolute atomic E-state index is 12.9. The van der Waals surface area contributed by atoms with Crippen molar-refractivity contribution in [1.82, 2.24) is 35.6 Å². The predicted octanol–water partition coefficient (Wildman–Crippen LogP) is 0.951. The largest absolute Gasteiger partial charge is 0.507 e. The Labute approximate surface area is 175 Å². The van der Waals surface area contributed by atoms with Gasteiger partial charge in [0.2, 0.25) is 11.6 Å². The molecular weight excluding hydrogens is 414 g/mol. The van der Waals surface area contributed by atoms with Crippen molar-refractivity contribution in [3.8, 4) is 11.6 Å². The number of rotatable bonds is 6. The summed E-state index contributed by atoms with van der Waals surface area (Å²) in [6.07, 6.45) is 3.45. The van der Waals surface area contributed by atoms with E-state index in [0.29, 0.717) is 22.8 Å². The molecule has 1 aromatic carbocycles. The van der Waals surface area contributed by atoms with Crippen LogP contribution in [-0.2, 0) is 6.54 Å².